The second-order valence-electron chi connectivity index (χ2n) is 6.06. The highest BCUT2D eigenvalue weighted by atomic mass is 15.2. The molecule has 124 valence electrons. The highest BCUT2D eigenvalue weighted by Crippen LogP contribution is 2.21. The number of hydrogen-bond donors (Lipinski definition) is 1. The zero-order valence-electron chi connectivity index (χ0n) is 14.0. The largest absolute Gasteiger partial charge is 0.354 e. The summed E-state index contributed by atoms with van der Waals surface area (Å²) >= 11 is 0. The molecule has 0 radical (unpaired) electrons. The fourth-order valence-corrected chi connectivity index (χ4v) is 2.88. The van der Waals surface area contributed by atoms with E-state index in [1.807, 2.05) is 36.7 Å². The van der Waals surface area contributed by atoms with Crippen LogP contribution in [0.25, 0.3) is 17.3 Å². The Morgan fingerprint density at radius 3 is 2.92 bits per heavy atom. The van der Waals surface area contributed by atoms with Crippen LogP contribution in [0.1, 0.15) is 12.0 Å². The number of rotatable bonds is 4. The monoisotopic (exact) mass is 321 g/mol. The van der Waals surface area contributed by atoms with Crippen LogP contribution in [-0.2, 0) is 0 Å². The van der Waals surface area contributed by atoms with Gasteiger partial charge in [0.2, 0.25) is 0 Å². The molecule has 24 heavy (non-hydrogen) atoms. The van der Waals surface area contributed by atoms with Crippen LogP contribution in [0, 0.1) is 5.41 Å². The first-order valence-electron chi connectivity index (χ1n) is 8.29. The SMILES string of the molecule is CN1CCCN(c2cncc(-c3cccc(/C=C/C=N)c3)n2)CC1. The van der Waals surface area contributed by atoms with Crippen molar-refractivity contribution in [1.82, 2.24) is 14.9 Å². The summed E-state index contributed by atoms with van der Waals surface area (Å²) in [6.45, 7) is 4.18. The average molecular weight is 321 g/mol. The van der Waals surface area contributed by atoms with E-state index in [0.717, 1.165) is 55.2 Å². The van der Waals surface area contributed by atoms with Crippen LogP contribution in [0.3, 0.4) is 0 Å². The van der Waals surface area contributed by atoms with Gasteiger partial charge in [-0.2, -0.15) is 0 Å². The van der Waals surface area contributed by atoms with E-state index in [4.69, 9.17) is 10.4 Å². The highest BCUT2D eigenvalue weighted by molar-refractivity contribution is 5.77. The van der Waals surface area contributed by atoms with Gasteiger partial charge < -0.3 is 15.2 Å². The zero-order chi connectivity index (χ0) is 16.8. The van der Waals surface area contributed by atoms with Crippen LogP contribution in [0.2, 0.25) is 0 Å². The lowest BCUT2D eigenvalue weighted by molar-refractivity contribution is 0.360. The molecule has 2 heterocycles. The van der Waals surface area contributed by atoms with Crippen molar-refractivity contribution in [1.29, 1.82) is 5.41 Å². The van der Waals surface area contributed by atoms with Gasteiger partial charge in [-0.3, -0.25) is 4.98 Å². The van der Waals surface area contributed by atoms with Crippen molar-refractivity contribution in [2.75, 3.05) is 38.1 Å². The predicted molar refractivity (Wildman–Crippen MR) is 99.6 cm³/mol. The molecular formula is C19H23N5. The van der Waals surface area contributed by atoms with Crippen LogP contribution in [-0.4, -0.2) is 54.3 Å². The van der Waals surface area contributed by atoms with Crippen molar-refractivity contribution < 1.29 is 0 Å². The molecule has 1 aromatic heterocycles. The molecule has 0 aliphatic carbocycles. The molecule has 1 N–H and O–H groups in total. The number of allylic oxidation sites excluding steroid dienone is 1. The summed E-state index contributed by atoms with van der Waals surface area (Å²) in [5.41, 5.74) is 2.98. The minimum absolute atomic E-state index is 0.884. The molecule has 1 aliphatic rings. The fraction of sp³-hybridized carbons (Fsp3) is 0.316. The first-order valence-corrected chi connectivity index (χ1v) is 8.29. The second kappa shape index (κ2) is 7.84. The highest BCUT2D eigenvalue weighted by Gasteiger charge is 2.14. The number of benzene rings is 1. The maximum absolute atomic E-state index is 7.10. The van der Waals surface area contributed by atoms with Crippen molar-refractivity contribution in [2.24, 2.45) is 0 Å². The third-order valence-electron chi connectivity index (χ3n) is 4.23. The fourth-order valence-electron chi connectivity index (χ4n) is 2.88. The first-order chi connectivity index (χ1) is 11.8. The first kappa shape index (κ1) is 16.3. The molecule has 0 spiro atoms. The maximum atomic E-state index is 7.10. The summed E-state index contributed by atoms with van der Waals surface area (Å²) in [5, 5.41) is 7.10. The van der Waals surface area contributed by atoms with E-state index in [2.05, 4.69) is 27.9 Å². The van der Waals surface area contributed by atoms with Crippen molar-refractivity contribution in [3.05, 3.63) is 48.3 Å². The van der Waals surface area contributed by atoms with Crippen LogP contribution in [0.4, 0.5) is 5.82 Å². The van der Waals surface area contributed by atoms with Crippen LogP contribution in [0.15, 0.2) is 42.7 Å². The zero-order valence-corrected chi connectivity index (χ0v) is 14.0. The van der Waals surface area contributed by atoms with Gasteiger partial charge in [0.15, 0.2) is 0 Å². The Bertz CT molecular complexity index is 725. The smallest absolute Gasteiger partial charge is 0.147 e. The third-order valence-corrected chi connectivity index (χ3v) is 4.23. The van der Waals surface area contributed by atoms with Gasteiger partial charge in [-0.05, 0) is 37.7 Å². The maximum Gasteiger partial charge on any atom is 0.147 e. The second-order valence-corrected chi connectivity index (χ2v) is 6.06. The van der Waals surface area contributed by atoms with Gasteiger partial charge in [-0.1, -0.05) is 24.3 Å². The number of anilines is 1. The van der Waals surface area contributed by atoms with Crippen molar-refractivity contribution in [3.8, 4) is 11.3 Å². The molecule has 5 heteroatoms. The molecule has 5 nitrogen and oxygen atoms in total. The van der Waals surface area contributed by atoms with Crippen molar-refractivity contribution >= 4 is 18.1 Å². The summed E-state index contributed by atoms with van der Waals surface area (Å²) < 4.78 is 0. The summed E-state index contributed by atoms with van der Waals surface area (Å²) in [6.07, 6.45) is 9.73. The lowest BCUT2D eigenvalue weighted by atomic mass is 10.1. The van der Waals surface area contributed by atoms with Gasteiger partial charge in [0.05, 0.1) is 18.1 Å². The molecule has 1 aliphatic heterocycles. The molecule has 0 unspecified atom stereocenters. The number of hydrogen-bond acceptors (Lipinski definition) is 5. The molecule has 0 amide bonds. The Balaban J connectivity index is 1.85. The Morgan fingerprint density at radius 1 is 1.12 bits per heavy atom. The minimum atomic E-state index is 0.884. The van der Waals surface area contributed by atoms with Gasteiger partial charge in [0.25, 0.3) is 0 Å². The number of nitrogens with one attached hydrogen (secondary N) is 1. The van der Waals surface area contributed by atoms with E-state index >= 15 is 0 Å². The summed E-state index contributed by atoms with van der Waals surface area (Å²) in [5.74, 6) is 0.947. The van der Waals surface area contributed by atoms with Crippen molar-refractivity contribution in [2.45, 2.75) is 6.42 Å². The van der Waals surface area contributed by atoms with E-state index in [0.29, 0.717) is 0 Å². The van der Waals surface area contributed by atoms with Crippen molar-refractivity contribution in [3.63, 3.8) is 0 Å². The minimum Gasteiger partial charge on any atom is -0.354 e. The van der Waals surface area contributed by atoms with Gasteiger partial charge in [0.1, 0.15) is 5.82 Å². The number of aromatic nitrogens is 2. The number of nitrogens with zero attached hydrogens (tertiary/aromatic N) is 4. The molecular weight excluding hydrogens is 298 g/mol. The van der Waals surface area contributed by atoms with E-state index in [-0.39, 0.29) is 0 Å². The molecule has 0 atom stereocenters. The Labute approximate surface area is 143 Å². The van der Waals surface area contributed by atoms with Gasteiger partial charge >= 0.3 is 0 Å². The Morgan fingerprint density at radius 2 is 2.04 bits per heavy atom. The van der Waals surface area contributed by atoms with Crippen LogP contribution >= 0.6 is 0 Å². The van der Waals surface area contributed by atoms with Gasteiger partial charge in [-0.25, -0.2) is 4.98 Å². The quantitative estimate of drug-likeness (QED) is 0.880. The lowest BCUT2D eigenvalue weighted by Gasteiger charge is -2.21. The summed E-state index contributed by atoms with van der Waals surface area (Å²) in [4.78, 5) is 13.9. The molecule has 1 aromatic carbocycles. The summed E-state index contributed by atoms with van der Waals surface area (Å²) in [6, 6.07) is 8.15. The van der Waals surface area contributed by atoms with E-state index in [1.54, 1.807) is 6.08 Å². The molecule has 1 saturated heterocycles. The molecule has 2 aromatic rings. The average Bonchev–Trinajstić information content (AvgIpc) is 2.85. The van der Waals surface area contributed by atoms with Gasteiger partial charge in [-0.15, -0.1) is 0 Å². The Hall–Kier alpha value is -2.53. The molecule has 0 saturated carbocycles. The molecule has 3 rings (SSSR count). The standard InChI is InChI=1S/C19H23N5/c1-23-9-4-10-24(12-11-23)19-15-21-14-18(22-19)17-7-2-5-16(13-17)6-3-8-20/h2-3,5-8,13-15,20H,4,9-12H2,1H3/b6-3+,20-8?. The number of likely N-dealkylation sites (N-methyl/N-ethyl adjacent to an activating group) is 1. The normalized spacial score (nSPS) is 16.3. The lowest BCUT2D eigenvalue weighted by Crippen LogP contribution is -2.29. The topological polar surface area (TPSA) is 56.1 Å². The van der Waals surface area contributed by atoms with E-state index < -0.39 is 0 Å². The van der Waals surface area contributed by atoms with E-state index in [9.17, 15) is 0 Å². The van der Waals surface area contributed by atoms with Gasteiger partial charge in [0, 0.05) is 31.4 Å². The third kappa shape index (κ3) is 4.06. The Kier molecular flexibility index (Phi) is 5.33. The predicted octanol–water partition coefficient (Wildman–Crippen LogP) is 2.95. The molecule has 1 fully saturated rings. The van der Waals surface area contributed by atoms with Crippen LogP contribution in [0.5, 0.6) is 0 Å². The van der Waals surface area contributed by atoms with Crippen LogP contribution < -0.4 is 4.90 Å². The van der Waals surface area contributed by atoms with E-state index in [1.165, 1.54) is 6.21 Å². The molecule has 0 bridgehead atoms. The summed E-state index contributed by atoms with van der Waals surface area (Å²) in [7, 11) is 2.17.